The summed E-state index contributed by atoms with van der Waals surface area (Å²) in [5.74, 6) is -0.360. The molecule has 2 fully saturated rings. The second kappa shape index (κ2) is 7.68. The van der Waals surface area contributed by atoms with E-state index < -0.39 is 31.0 Å². The van der Waals surface area contributed by atoms with Crippen LogP contribution < -0.4 is 4.90 Å². The molecule has 0 radical (unpaired) electrons. The van der Waals surface area contributed by atoms with Crippen molar-refractivity contribution in [2.75, 3.05) is 42.6 Å². The van der Waals surface area contributed by atoms with Crippen LogP contribution in [0.2, 0.25) is 0 Å². The number of anilines is 1. The van der Waals surface area contributed by atoms with Gasteiger partial charge in [0.15, 0.2) is 19.7 Å². The van der Waals surface area contributed by atoms with E-state index >= 15 is 0 Å². The number of hydrogen-bond donors (Lipinski definition) is 0. The summed E-state index contributed by atoms with van der Waals surface area (Å²) >= 11 is 1.16. The average Bonchev–Trinajstić information content (AvgIpc) is 3.33. The number of aryl methyl sites for hydroxylation is 1. The molecular weight excluding hydrogens is 428 g/mol. The molecule has 2 saturated heterocycles. The van der Waals surface area contributed by atoms with Gasteiger partial charge in [-0.25, -0.2) is 16.8 Å². The van der Waals surface area contributed by atoms with Gasteiger partial charge in [-0.2, -0.15) is 0 Å². The van der Waals surface area contributed by atoms with Crippen molar-refractivity contribution < 1.29 is 16.8 Å². The van der Waals surface area contributed by atoms with Crippen LogP contribution in [0.15, 0.2) is 39.9 Å². The molecule has 0 bridgehead atoms. The molecule has 0 aliphatic carbocycles. The van der Waals surface area contributed by atoms with E-state index in [0.717, 1.165) is 24.4 Å². The Labute approximate surface area is 177 Å². The van der Waals surface area contributed by atoms with Crippen LogP contribution in [0.25, 0.3) is 0 Å². The third-order valence-electron chi connectivity index (χ3n) is 6.15. The van der Waals surface area contributed by atoms with Crippen molar-refractivity contribution in [3.8, 4) is 0 Å². The van der Waals surface area contributed by atoms with Gasteiger partial charge < -0.3 is 4.90 Å². The van der Waals surface area contributed by atoms with E-state index in [1.54, 1.807) is 17.5 Å². The predicted molar refractivity (Wildman–Crippen MR) is 117 cm³/mol. The Morgan fingerprint density at radius 2 is 1.72 bits per heavy atom. The maximum Gasteiger partial charge on any atom is 0.193 e. The summed E-state index contributed by atoms with van der Waals surface area (Å²) < 4.78 is 51.2. The molecule has 0 spiro atoms. The van der Waals surface area contributed by atoms with Gasteiger partial charge in [-0.3, -0.25) is 4.90 Å². The van der Waals surface area contributed by atoms with Gasteiger partial charge in [0.25, 0.3) is 0 Å². The fourth-order valence-corrected chi connectivity index (χ4v) is 10.4. The normalized spacial score (nSPS) is 25.4. The number of rotatable bonds is 4. The molecule has 0 N–H and O–H groups in total. The Kier molecular flexibility index (Phi) is 5.52. The zero-order chi connectivity index (χ0) is 20.8. The van der Waals surface area contributed by atoms with E-state index in [1.807, 2.05) is 0 Å². The molecule has 2 aromatic rings. The van der Waals surface area contributed by atoms with Gasteiger partial charge in [-0.1, -0.05) is 18.2 Å². The summed E-state index contributed by atoms with van der Waals surface area (Å²) in [4.78, 5) is 4.38. The van der Waals surface area contributed by atoms with Crippen molar-refractivity contribution in [3.05, 3.63) is 46.8 Å². The Balaban J connectivity index is 1.54. The molecule has 4 rings (SSSR count). The van der Waals surface area contributed by atoms with Crippen LogP contribution >= 0.6 is 11.3 Å². The maximum atomic E-state index is 13.1. The summed E-state index contributed by atoms with van der Waals surface area (Å²) in [5, 5.41) is 0.826. The first-order valence-corrected chi connectivity index (χ1v) is 14.0. The third kappa shape index (κ3) is 3.97. The number of nitrogens with zero attached hydrogens (tertiary/aromatic N) is 2. The van der Waals surface area contributed by atoms with Gasteiger partial charge in [0.1, 0.15) is 4.21 Å². The third-order valence-corrected chi connectivity index (χ3v) is 11.7. The Bertz CT molecular complexity index is 1090. The fraction of sp³-hybridized carbons (Fsp3) is 0.500. The first-order valence-electron chi connectivity index (χ1n) is 9.72. The standard InChI is InChI=1S/C20H26N2O4S3/c1-15-5-3-6-17(16(15)2)21-8-10-22(11-9-21)18-13-28(23,24)14-19(18)29(25,26)20-7-4-12-27-20/h3-7,12,18-19H,8-11,13-14H2,1-2H3/t18-,19-/m0/s1. The van der Waals surface area contributed by atoms with Crippen LogP contribution in [0, 0.1) is 13.8 Å². The molecule has 0 saturated carbocycles. The SMILES string of the molecule is Cc1cccc(N2CCN([C@H]3CS(=O)(=O)C[C@@H]3S(=O)(=O)c3cccs3)CC2)c1C. The molecular formula is C20H26N2O4S3. The van der Waals surface area contributed by atoms with Crippen LogP contribution in [0.5, 0.6) is 0 Å². The molecule has 29 heavy (non-hydrogen) atoms. The zero-order valence-corrected chi connectivity index (χ0v) is 19.1. The lowest BCUT2D eigenvalue weighted by Crippen LogP contribution is -2.55. The van der Waals surface area contributed by atoms with Crippen LogP contribution in [0.3, 0.4) is 0 Å². The lowest BCUT2D eigenvalue weighted by Gasteiger charge is -2.40. The quantitative estimate of drug-likeness (QED) is 0.705. The van der Waals surface area contributed by atoms with E-state index in [1.165, 1.54) is 16.8 Å². The lowest BCUT2D eigenvalue weighted by molar-refractivity contribution is 0.201. The van der Waals surface area contributed by atoms with Gasteiger partial charge in [-0.05, 0) is 42.5 Å². The first-order chi connectivity index (χ1) is 13.7. The van der Waals surface area contributed by atoms with Crippen LogP contribution in [-0.2, 0) is 19.7 Å². The minimum Gasteiger partial charge on any atom is -0.369 e. The molecule has 2 aliphatic rings. The maximum absolute atomic E-state index is 13.1. The molecule has 9 heteroatoms. The minimum absolute atomic E-state index is 0.0776. The summed E-state index contributed by atoms with van der Waals surface area (Å²) in [5.41, 5.74) is 3.70. The van der Waals surface area contributed by atoms with Crippen LogP contribution in [0.1, 0.15) is 11.1 Å². The number of sulfone groups is 2. The minimum atomic E-state index is -3.66. The van der Waals surface area contributed by atoms with Crippen LogP contribution in [-0.4, -0.2) is 70.7 Å². The summed E-state index contributed by atoms with van der Waals surface area (Å²) in [6, 6.07) is 9.05. The summed E-state index contributed by atoms with van der Waals surface area (Å²) in [6.07, 6.45) is 0. The Morgan fingerprint density at radius 1 is 1.00 bits per heavy atom. The highest BCUT2D eigenvalue weighted by Crippen LogP contribution is 2.32. The molecule has 6 nitrogen and oxygen atoms in total. The molecule has 1 aromatic carbocycles. The van der Waals surface area contributed by atoms with E-state index in [2.05, 4.69) is 41.8 Å². The van der Waals surface area contributed by atoms with Crippen molar-refractivity contribution in [1.82, 2.24) is 4.90 Å². The second-order valence-electron chi connectivity index (χ2n) is 7.90. The summed E-state index contributed by atoms with van der Waals surface area (Å²) in [6.45, 7) is 7.04. The molecule has 2 aliphatic heterocycles. The van der Waals surface area contributed by atoms with E-state index in [-0.39, 0.29) is 15.7 Å². The highest BCUT2D eigenvalue weighted by atomic mass is 32.2. The number of hydrogen-bond acceptors (Lipinski definition) is 7. The number of benzene rings is 1. The van der Waals surface area contributed by atoms with Gasteiger partial charge in [0.2, 0.25) is 0 Å². The smallest absolute Gasteiger partial charge is 0.193 e. The summed E-state index contributed by atoms with van der Waals surface area (Å²) in [7, 11) is -7.03. The Morgan fingerprint density at radius 3 is 2.38 bits per heavy atom. The van der Waals surface area contributed by atoms with E-state index in [4.69, 9.17) is 0 Å². The van der Waals surface area contributed by atoms with Gasteiger partial charge in [-0.15, -0.1) is 11.3 Å². The van der Waals surface area contributed by atoms with Crippen molar-refractivity contribution in [2.45, 2.75) is 29.3 Å². The van der Waals surface area contributed by atoms with E-state index in [9.17, 15) is 16.8 Å². The average molecular weight is 455 g/mol. The van der Waals surface area contributed by atoms with Crippen molar-refractivity contribution >= 4 is 36.7 Å². The van der Waals surface area contributed by atoms with Gasteiger partial charge >= 0.3 is 0 Å². The highest BCUT2D eigenvalue weighted by molar-refractivity contribution is 7.97. The van der Waals surface area contributed by atoms with E-state index in [0.29, 0.717) is 13.1 Å². The Hall–Kier alpha value is -1.42. The molecule has 1 aromatic heterocycles. The highest BCUT2D eigenvalue weighted by Gasteiger charge is 2.48. The van der Waals surface area contributed by atoms with Crippen LogP contribution in [0.4, 0.5) is 5.69 Å². The predicted octanol–water partition coefficient (Wildman–Crippen LogP) is 2.13. The largest absolute Gasteiger partial charge is 0.369 e. The molecule has 2 atom stereocenters. The monoisotopic (exact) mass is 454 g/mol. The number of thiophene rings is 1. The fourth-order valence-electron chi connectivity index (χ4n) is 4.38. The molecule has 3 heterocycles. The molecule has 0 unspecified atom stereocenters. The number of piperazine rings is 1. The molecule has 0 amide bonds. The lowest BCUT2D eigenvalue weighted by atomic mass is 10.1. The zero-order valence-electron chi connectivity index (χ0n) is 16.6. The van der Waals surface area contributed by atoms with Gasteiger partial charge in [0, 0.05) is 37.9 Å². The topological polar surface area (TPSA) is 74.8 Å². The second-order valence-corrected chi connectivity index (χ2v) is 13.4. The molecule has 158 valence electrons. The first kappa shape index (κ1) is 20.8. The van der Waals surface area contributed by atoms with Crippen molar-refractivity contribution in [2.24, 2.45) is 0 Å². The van der Waals surface area contributed by atoms with Crippen molar-refractivity contribution in [3.63, 3.8) is 0 Å². The van der Waals surface area contributed by atoms with Crippen molar-refractivity contribution in [1.29, 1.82) is 0 Å². The van der Waals surface area contributed by atoms with Gasteiger partial charge in [0.05, 0.1) is 16.8 Å².